The minimum atomic E-state index is -0.876. The SMILES string of the molecule is C/C=C(/C)C(=O)N(CC)C[C@@H](C)C(=O)O. The topological polar surface area (TPSA) is 57.6 Å². The van der Waals surface area contributed by atoms with E-state index in [9.17, 15) is 9.59 Å². The molecule has 0 fully saturated rings. The second-order valence-electron chi connectivity index (χ2n) is 3.55. The molecule has 0 aromatic rings. The zero-order chi connectivity index (χ0) is 12.0. The van der Waals surface area contributed by atoms with Crippen LogP contribution in [0.5, 0.6) is 0 Å². The monoisotopic (exact) mass is 213 g/mol. The molecule has 0 heterocycles. The second kappa shape index (κ2) is 6.22. The molecule has 86 valence electrons. The fourth-order valence-corrected chi connectivity index (χ4v) is 1.14. The van der Waals surface area contributed by atoms with E-state index in [1.807, 2.05) is 6.92 Å². The highest BCUT2D eigenvalue weighted by molar-refractivity contribution is 5.93. The number of allylic oxidation sites excluding steroid dienone is 1. The van der Waals surface area contributed by atoms with Crippen molar-refractivity contribution in [1.82, 2.24) is 4.90 Å². The Hall–Kier alpha value is -1.32. The normalized spacial score (nSPS) is 13.5. The van der Waals surface area contributed by atoms with Crippen LogP contribution in [0.2, 0.25) is 0 Å². The maximum absolute atomic E-state index is 11.7. The summed E-state index contributed by atoms with van der Waals surface area (Å²) < 4.78 is 0. The quantitative estimate of drug-likeness (QED) is 0.704. The van der Waals surface area contributed by atoms with Crippen LogP contribution in [0.3, 0.4) is 0 Å². The Labute approximate surface area is 90.6 Å². The van der Waals surface area contributed by atoms with E-state index in [2.05, 4.69) is 0 Å². The van der Waals surface area contributed by atoms with Gasteiger partial charge >= 0.3 is 5.97 Å². The van der Waals surface area contributed by atoms with E-state index in [0.717, 1.165) is 0 Å². The van der Waals surface area contributed by atoms with Crippen molar-refractivity contribution in [2.75, 3.05) is 13.1 Å². The Morgan fingerprint density at radius 3 is 2.33 bits per heavy atom. The molecule has 0 radical (unpaired) electrons. The number of hydrogen-bond acceptors (Lipinski definition) is 2. The van der Waals surface area contributed by atoms with Gasteiger partial charge in [-0.3, -0.25) is 9.59 Å². The molecule has 4 heteroatoms. The zero-order valence-electron chi connectivity index (χ0n) is 9.78. The van der Waals surface area contributed by atoms with E-state index in [1.165, 1.54) is 0 Å². The number of carboxylic acids is 1. The Balaban J connectivity index is 4.51. The summed E-state index contributed by atoms with van der Waals surface area (Å²) >= 11 is 0. The van der Waals surface area contributed by atoms with Gasteiger partial charge in [0.05, 0.1) is 5.92 Å². The lowest BCUT2D eigenvalue weighted by atomic mass is 10.1. The third-order valence-corrected chi connectivity index (χ3v) is 2.36. The number of amides is 1. The molecule has 0 aromatic carbocycles. The van der Waals surface area contributed by atoms with Gasteiger partial charge < -0.3 is 10.0 Å². The molecule has 0 saturated heterocycles. The van der Waals surface area contributed by atoms with E-state index in [1.54, 1.807) is 31.7 Å². The van der Waals surface area contributed by atoms with Gasteiger partial charge in [-0.05, 0) is 20.8 Å². The van der Waals surface area contributed by atoms with Gasteiger partial charge in [0.2, 0.25) is 5.91 Å². The molecular formula is C11H19NO3. The fraction of sp³-hybridized carbons (Fsp3) is 0.636. The minimum Gasteiger partial charge on any atom is -0.481 e. The molecule has 0 aliphatic rings. The first kappa shape index (κ1) is 13.7. The zero-order valence-corrected chi connectivity index (χ0v) is 9.78. The highest BCUT2D eigenvalue weighted by Crippen LogP contribution is 2.05. The molecule has 0 spiro atoms. The van der Waals surface area contributed by atoms with Crippen LogP contribution in [0.1, 0.15) is 27.7 Å². The molecule has 0 aliphatic carbocycles. The maximum atomic E-state index is 11.7. The van der Waals surface area contributed by atoms with Gasteiger partial charge in [0.1, 0.15) is 0 Å². The lowest BCUT2D eigenvalue weighted by molar-refractivity contribution is -0.142. The molecule has 0 aliphatic heterocycles. The molecule has 0 unspecified atom stereocenters. The standard InChI is InChI=1S/C11H19NO3/c1-5-8(3)10(13)12(6-2)7-9(4)11(14)15/h5,9H,6-7H2,1-4H3,(H,14,15)/b8-5-/t9-/m1/s1. The smallest absolute Gasteiger partial charge is 0.308 e. The predicted molar refractivity (Wildman–Crippen MR) is 58.5 cm³/mol. The van der Waals surface area contributed by atoms with Crippen LogP contribution in [0.4, 0.5) is 0 Å². The molecule has 1 N–H and O–H groups in total. The first-order valence-electron chi connectivity index (χ1n) is 5.09. The first-order valence-corrected chi connectivity index (χ1v) is 5.09. The molecule has 0 aromatic heterocycles. The third kappa shape index (κ3) is 4.14. The highest BCUT2D eigenvalue weighted by atomic mass is 16.4. The molecule has 4 nitrogen and oxygen atoms in total. The minimum absolute atomic E-state index is 0.0897. The van der Waals surface area contributed by atoms with Crippen molar-refractivity contribution < 1.29 is 14.7 Å². The number of aliphatic carboxylic acids is 1. The molecule has 15 heavy (non-hydrogen) atoms. The summed E-state index contributed by atoms with van der Waals surface area (Å²) in [6.07, 6.45) is 1.73. The van der Waals surface area contributed by atoms with Crippen LogP contribution < -0.4 is 0 Å². The van der Waals surface area contributed by atoms with Crippen molar-refractivity contribution in [2.24, 2.45) is 5.92 Å². The van der Waals surface area contributed by atoms with Crippen molar-refractivity contribution in [3.8, 4) is 0 Å². The molecule has 1 amide bonds. The molecular weight excluding hydrogens is 194 g/mol. The number of likely N-dealkylation sites (N-methyl/N-ethyl adjacent to an activating group) is 1. The number of hydrogen-bond donors (Lipinski definition) is 1. The lowest BCUT2D eigenvalue weighted by Gasteiger charge is -2.23. The van der Waals surface area contributed by atoms with Gasteiger partial charge in [0.15, 0.2) is 0 Å². The average Bonchev–Trinajstić information content (AvgIpc) is 2.23. The summed E-state index contributed by atoms with van der Waals surface area (Å²) in [6.45, 7) is 7.76. The maximum Gasteiger partial charge on any atom is 0.308 e. The van der Waals surface area contributed by atoms with Crippen LogP contribution >= 0.6 is 0 Å². The fourth-order valence-electron chi connectivity index (χ4n) is 1.14. The van der Waals surface area contributed by atoms with E-state index >= 15 is 0 Å². The second-order valence-corrected chi connectivity index (χ2v) is 3.55. The molecule has 1 atom stereocenters. The lowest BCUT2D eigenvalue weighted by Crippen LogP contribution is -2.37. The summed E-state index contributed by atoms with van der Waals surface area (Å²) in [5.41, 5.74) is 0.648. The number of carbonyl (C=O) groups excluding carboxylic acids is 1. The summed E-state index contributed by atoms with van der Waals surface area (Å²) in [4.78, 5) is 23.9. The summed E-state index contributed by atoms with van der Waals surface area (Å²) in [5.74, 6) is -1.49. The van der Waals surface area contributed by atoms with Crippen LogP contribution in [-0.4, -0.2) is 35.0 Å². The van der Waals surface area contributed by atoms with E-state index in [4.69, 9.17) is 5.11 Å². The van der Waals surface area contributed by atoms with Gasteiger partial charge in [-0.25, -0.2) is 0 Å². The van der Waals surface area contributed by atoms with Gasteiger partial charge in [0.25, 0.3) is 0 Å². The van der Waals surface area contributed by atoms with Crippen LogP contribution in [0.15, 0.2) is 11.6 Å². The summed E-state index contributed by atoms with van der Waals surface area (Å²) in [7, 11) is 0. The largest absolute Gasteiger partial charge is 0.481 e. The van der Waals surface area contributed by atoms with E-state index < -0.39 is 11.9 Å². The molecule has 0 rings (SSSR count). The van der Waals surface area contributed by atoms with Gasteiger partial charge in [-0.1, -0.05) is 13.0 Å². The average molecular weight is 213 g/mol. The van der Waals surface area contributed by atoms with Crippen molar-refractivity contribution in [1.29, 1.82) is 0 Å². The number of carboxylic acid groups (broad SMARTS) is 1. The highest BCUT2D eigenvalue weighted by Gasteiger charge is 2.19. The van der Waals surface area contributed by atoms with Gasteiger partial charge in [-0.2, -0.15) is 0 Å². The number of rotatable bonds is 5. The van der Waals surface area contributed by atoms with Crippen LogP contribution in [-0.2, 0) is 9.59 Å². The predicted octanol–water partition coefficient (Wildman–Crippen LogP) is 1.52. The van der Waals surface area contributed by atoms with Gasteiger partial charge in [-0.15, -0.1) is 0 Å². The van der Waals surface area contributed by atoms with E-state index in [0.29, 0.717) is 12.1 Å². The van der Waals surface area contributed by atoms with Crippen molar-refractivity contribution >= 4 is 11.9 Å². The number of nitrogens with zero attached hydrogens (tertiary/aromatic N) is 1. The number of carbonyl (C=O) groups is 2. The third-order valence-electron chi connectivity index (χ3n) is 2.36. The Morgan fingerprint density at radius 2 is 2.00 bits per heavy atom. The Kier molecular flexibility index (Phi) is 5.67. The Bertz CT molecular complexity index is 271. The van der Waals surface area contributed by atoms with E-state index in [-0.39, 0.29) is 12.5 Å². The summed E-state index contributed by atoms with van der Waals surface area (Å²) in [5, 5.41) is 8.75. The van der Waals surface area contributed by atoms with Crippen molar-refractivity contribution in [2.45, 2.75) is 27.7 Å². The van der Waals surface area contributed by atoms with Crippen molar-refractivity contribution in [3.63, 3.8) is 0 Å². The first-order chi connectivity index (χ1) is 6.93. The molecule has 0 bridgehead atoms. The molecule has 0 saturated carbocycles. The van der Waals surface area contributed by atoms with Gasteiger partial charge in [0, 0.05) is 18.7 Å². The summed E-state index contributed by atoms with van der Waals surface area (Å²) in [6, 6.07) is 0. The Morgan fingerprint density at radius 1 is 1.47 bits per heavy atom. The van der Waals surface area contributed by atoms with Crippen molar-refractivity contribution in [3.05, 3.63) is 11.6 Å². The van der Waals surface area contributed by atoms with Crippen LogP contribution in [0, 0.1) is 5.92 Å². The van der Waals surface area contributed by atoms with Crippen LogP contribution in [0.25, 0.3) is 0 Å².